The molecule has 0 spiro atoms. The lowest BCUT2D eigenvalue weighted by molar-refractivity contribution is -0.148. The van der Waals surface area contributed by atoms with Crippen molar-refractivity contribution in [2.24, 2.45) is 11.1 Å². The Morgan fingerprint density at radius 1 is 0.962 bits per heavy atom. The van der Waals surface area contributed by atoms with Crippen LogP contribution in [0, 0.1) is 5.92 Å². The summed E-state index contributed by atoms with van der Waals surface area (Å²) in [6.45, 7) is 2.91. The van der Waals surface area contributed by atoms with E-state index in [0.29, 0.717) is 16.8 Å². The van der Waals surface area contributed by atoms with Crippen LogP contribution < -0.4 is 5.32 Å². The maximum Gasteiger partial charge on any atom is 0.343 e. The molecule has 2 amide bonds. The summed E-state index contributed by atoms with van der Waals surface area (Å²) in [6, 6.07) is 23.8. The van der Waals surface area contributed by atoms with Gasteiger partial charge in [-0.05, 0) is 46.5 Å². The molecule has 4 aromatic carbocycles. The van der Waals surface area contributed by atoms with Gasteiger partial charge in [0.2, 0.25) is 5.60 Å². The highest BCUT2D eigenvalue weighted by Crippen LogP contribution is 2.33. The third kappa shape index (κ3) is 8.40. The van der Waals surface area contributed by atoms with Gasteiger partial charge in [-0.2, -0.15) is 0 Å². The zero-order valence-electron chi connectivity index (χ0n) is 28.7. The van der Waals surface area contributed by atoms with Crippen LogP contribution in [0.3, 0.4) is 0 Å². The second-order valence-electron chi connectivity index (χ2n) is 13.0. The molecule has 0 fully saturated rings. The molecule has 3 N–H and O–H groups in total. The minimum absolute atomic E-state index is 0.00538. The fourth-order valence-electron chi connectivity index (χ4n) is 6.33. The molecule has 0 aromatic heterocycles. The molecular weight excluding hydrogens is 690 g/mol. The normalized spacial score (nSPS) is 16.4. The Hall–Kier alpha value is -5.75. The van der Waals surface area contributed by atoms with Crippen LogP contribution in [0.25, 0.3) is 10.8 Å². The number of rotatable bonds is 14. The zero-order chi connectivity index (χ0) is 37.6. The maximum absolute atomic E-state index is 14.2. The smallest absolute Gasteiger partial charge is 0.343 e. The zero-order valence-corrected chi connectivity index (χ0v) is 29.5. The maximum atomic E-state index is 14.2. The molecule has 0 saturated carbocycles. The Morgan fingerprint density at radius 3 is 2.33 bits per heavy atom. The molecule has 1 unspecified atom stereocenters. The van der Waals surface area contributed by atoms with Crippen LogP contribution in [0.5, 0.6) is 5.75 Å². The van der Waals surface area contributed by atoms with Gasteiger partial charge >= 0.3 is 11.9 Å². The van der Waals surface area contributed by atoms with Gasteiger partial charge in [0.1, 0.15) is 17.4 Å². The number of carbonyl (C=O) groups is 5. The topological polar surface area (TPSA) is 172 Å². The molecule has 1 heterocycles. The van der Waals surface area contributed by atoms with Crippen LogP contribution in [0.15, 0.2) is 96.2 Å². The third-order valence-corrected chi connectivity index (χ3v) is 9.19. The van der Waals surface area contributed by atoms with Crippen molar-refractivity contribution in [3.63, 3.8) is 0 Å². The number of phenols is 1. The van der Waals surface area contributed by atoms with Crippen LogP contribution in [-0.2, 0) is 30.4 Å². The highest BCUT2D eigenvalue weighted by Gasteiger charge is 2.50. The average molecular weight is 728 g/mol. The number of halogens is 1. The fourth-order valence-corrected chi connectivity index (χ4v) is 6.57. The van der Waals surface area contributed by atoms with E-state index in [1.54, 1.807) is 48.3 Å². The van der Waals surface area contributed by atoms with E-state index in [4.69, 9.17) is 21.2 Å². The molecule has 5 rings (SSSR count). The van der Waals surface area contributed by atoms with Gasteiger partial charge in [0.15, 0.2) is 12.4 Å². The van der Waals surface area contributed by atoms with Crippen molar-refractivity contribution in [2.75, 3.05) is 13.7 Å². The number of nitrogens with zero attached hydrogens (tertiary/aromatic N) is 2. The summed E-state index contributed by atoms with van der Waals surface area (Å²) in [5.41, 5.74) is -0.517. The number of amides is 2. The van der Waals surface area contributed by atoms with Crippen molar-refractivity contribution in [3.8, 4) is 5.75 Å². The van der Waals surface area contributed by atoms with Crippen molar-refractivity contribution < 1.29 is 43.8 Å². The number of ketones is 1. The Bertz CT molecular complexity index is 2010. The molecule has 3 atom stereocenters. The summed E-state index contributed by atoms with van der Waals surface area (Å²) >= 11 is 6.01. The van der Waals surface area contributed by atoms with E-state index < -0.39 is 60.1 Å². The van der Waals surface area contributed by atoms with Gasteiger partial charge in [0.25, 0.3) is 11.8 Å². The molecule has 13 heteroatoms. The Morgan fingerprint density at radius 2 is 1.65 bits per heavy atom. The molecule has 52 heavy (non-hydrogen) atoms. The van der Waals surface area contributed by atoms with E-state index in [9.17, 15) is 34.2 Å². The van der Waals surface area contributed by atoms with Gasteiger partial charge in [-0.25, -0.2) is 4.79 Å². The molecule has 0 aliphatic carbocycles. The van der Waals surface area contributed by atoms with E-state index in [-0.39, 0.29) is 35.3 Å². The minimum Gasteiger partial charge on any atom is -0.507 e. The Labute approximate surface area is 305 Å². The summed E-state index contributed by atoms with van der Waals surface area (Å²) in [5.74, 6) is -5.16. The first-order chi connectivity index (χ1) is 24.8. The summed E-state index contributed by atoms with van der Waals surface area (Å²) < 4.78 is 5.06. The van der Waals surface area contributed by atoms with Crippen molar-refractivity contribution in [1.82, 2.24) is 10.2 Å². The van der Waals surface area contributed by atoms with Gasteiger partial charge in [0.05, 0.1) is 23.2 Å². The molecule has 0 bridgehead atoms. The predicted octanol–water partition coefficient (Wildman–Crippen LogP) is 5.44. The van der Waals surface area contributed by atoms with Crippen LogP contribution in [0.1, 0.15) is 53.0 Å². The largest absolute Gasteiger partial charge is 0.507 e. The second-order valence-corrected chi connectivity index (χ2v) is 13.4. The predicted molar refractivity (Wildman–Crippen MR) is 193 cm³/mol. The summed E-state index contributed by atoms with van der Waals surface area (Å²) in [4.78, 5) is 73.3. The van der Waals surface area contributed by atoms with Crippen LogP contribution in [0.2, 0.25) is 5.02 Å². The van der Waals surface area contributed by atoms with Gasteiger partial charge in [-0.1, -0.05) is 97.3 Å². The van der Waals surface area contributed by atoms with E-state index >= 15 is 0 Å². The number of hydrogen-bond acceptors (Lipinski definition) is 9. The van der Waals surface area contributed by atoms with Crippen molar-refractivity contribution in [1.29, 1.82) is 0 Å². The highest BCUT2D eigenvalue weighted by atomic mass is 35.5. The summed E-state index contributed by atoms with van der Waals surface area (Å²) in [5, 5.41) is 28.3. The molecule has 0 saturated heterocycles. The number of aromatic hydroxyl groups is 1. The highest BCUT2D eigenvalue weighted by molar-refractivity contribution is 6.34. The first kappa shape index (κ1) is 37.5. The number of nitrogens with one attached hydrogen (secondary N) is 1. The molecular formula is C39H38ClN3O9. The quantitative estimate of drug-likeness (QED) is 0.143. The average Bonchev–Trinajstić information content (AvgIpc) is 3.53. The standard InChI is InChI=1S/C39H38ClN3O9/c1-23(2)35(43(3)36(48)27-17-16-25-12-7-8-13-26(25)18-27)30-21-39(52-42-30,20-24-10-5-4-6-11-24)38(50)41-29(19-33(46)47)32(45)22-51-37(49)34-28(40)14-9-15-31(34)44/h4-18,23,29,35,44H,19-22H2,1-3H3,(H,41,50)(H,46,47)/t29-,35-,39?/m0/s1. The van der Waals surface area contributed by atoms with Crippen LogP contribution in [-0.4, -0.2) is 81.7 Å². The summed E-state index contributed by atoms with van der Waals surface area (Å²) in [7, 11) is 1.66. The number of ether oxygens (including phenoxy) is 1. The molecule has 1 aliphatic rings. The number of fused-ring (bicyclic) bond motifs is 1. The number of benzene rings is 4. The van der Waals surface area contributed by atoms with Gasteiger partial charge < -0.3 is 30.0 Å². The van der Waals surface area contributed by atoms with Crippen molar-refractivity contribution in [3.05, 3.63) is 113 Å². The lowest BCUT2D eigenvalue weighted by atomic mass is 9.84. The molecule has 1 aliphatic heterocycles. The number of aliphatic carboxylic acids is 1. The summed E-state index contributed by atoms with van der Waals surface area (Å²) in [6.07, 6.45) is -0.915. The SMILES string of the molecule is CC(C)[C@@H](C1=NOC(Cc2ccccc2)(C(=O)N[C@@H](CC(=O)O)C(=O)COC(=O)c2c(O)cccc2Cl)C1)N(C)C(=O)c1ccc2ccccc2c1. The van der Waals surface area contributed by atoms with Crippen molar-refractivity contribution in [2.45, 2.75) is 50.8 Å². The number of carbonyl (C=O) groups excluding carboxylic acids is 4. The number of Topliss-reactive ketones (excluding diaryl/α,β-unsaturated/α-hetero) is 1. The number of phenolic OH excluding ortho intramolecular Hbond substituents is 1. The second kappa shape index (κ2) is 16.1. The number of carboxylic acids is 1. The van der Waals surface area contributed by atoms with Crippen molar-refractivity contribution >= 4 is 57.6 Å². The first-order valence-electron chi connectivity index (χ1n) is 16.5. The van der Waals surface area contributed by atoms with E-state index in [2.05, 4.69) is 10.5 Å². The third-order valence-electron chi connectivity index (χ3n) is 8.87. The van der Waals surface area contributed by atoms with Gasteiger partial charge in [-0.3, -0.25) is 19.2 Å². The van der Waals surface area contributed by atoms with Gasteiger partial charge in [-0.15, -0.1) is 0 Å². The lowest BCUT2D eigenvalue weighted by Crippen LogP contribution is -2.55. The van der Waals surface area contributed by atoms with E-state index in [1.807, 2.05) is 50.2 Å². The molecule has 270 valence electrons. The minimum atomic E-state index is -1.73. The van der Waals surface area contributed by atoms with E-state index in [1.165, 1.54) is 18.2 Å². The lowest BCUT2D eigenvalue weighted by Gasteiger charge is -2.32. The fraction of sp³-hybridized carbons (Fsp3) is 0.282. The monoisotopic (exact) mass is 727 g/mol. The Balaban J connectivity index is 1.38. The van der Waals surface area contributed by atoms with Crippen LogP contribution in [0.4, 0.5) is 0 Å². The molecule has 4 aromatic rings. The van der Waals surface area contributed by atoms with Crippen LogP contribution >= 0.6 is 11.6 Å². The number of hydrogen-bond donors (Lipinski definition) is 3. The Kier molecular flexibility index (Phi) is 11.6. The number of oxime groups is 1. The molecule has 12 nitrogen and oxygen atoms in total. The molecule has 0 radical (unpaired) electrons. The number of esters is 1. The number of carboxylic acid groups (broad SMARTS) is 1. The van der Waals surface area contributed by atoms with Gasteiger partial charge in [0, 0.05) is 25.5 Å². The first-order valence-corrected chi connectivity index (χ1v) is 16.9. The van der Waals surface area contributed by atoms with E-state index in [0.717, 1.165) is 10.8 Å².